The molecule has 1 atom stereocenters. The van der Waals surface area contributed by atoms with E-state index in [9.17, 15) is 24.3 Å². The molecule has 0 bridgehead atoms. The van der Waals surface area contributed by atoms with E-state index in [4.69, 9.17) is 11.6 Å². The van der Waals surface area contributed by atoms with Gasteiger partial charge in [0.2, 0.25) is 11.8 Å². The van der Waals surface area contributed by atoms with Crippen molar-refractivity contribution in [2.45, 2.75) is 12.5 Å². The number of halogens is 1. The van der Waals surface area contributed by atoms with Gasteiger partial charge in [0.1, 0.15) is 6.04 Å². The lowest BCUT2D eigenvalue weighted by atomic mass is 10.1. The number of rotatable bonds is 9. The van der Waals surface area contributed by atoms with Crippen molar-refractivity contribution in [1.82, 2.24) is 16.0 Å². The summed E-state index contributed by atoms with van der Waals surface area (Å²) in [4.78, 5) is 46.9. The van der Waals surface area contributed by atoms with E-state index in [1.165, 1.54) is 0 Å². The number of carbonyl (C=O) groups excluding carboxylic acids is 3. The summed E-state index contributed by atoms with van der Waals surface area (Å²) in [6.45, 7) is -0.791. The van der Waals surface area contributed by atoms with Gasteiger partial charge in [0.15, 0.2) is 0 Å². The third-order valence-electron chi connectivity index (χ3n) is 3.85. The zero-order valence-corrected chi connectivity index (χ0v) is 16.6. The average Bonchev–Trinajstić information content (AvgIpc) is 2.71. The van der Waals surface area contributed by atoms with Crippen LogP contribution in [0.15, 0.2) is 54.6 Å². The van der Waals surface area contributed by atoms with Crippen LogP contribution < -0.4 is 21.3 Å². The van der Waals surface area contributed by atoms with Crippen molar-refractivity contribution in [3.05, 3.63) is 65.2 Å². The fourth-order valence-electron chi connectivity index (χ4n) is 2.44. The number of anilines is 1. The monoisotopic (exact) mass is 432 g/mol. The van der Waals surface area contributed by atoms with E-state index in [-0.39, 0.29) is 13.0 Å². The van der Waals surface area contributed by atoms with E-state index >= 15 is 0 Å². The average molecular weight is 433 g/mol. The molecule has 0 aliphatic rings. The Labute approximate surface area is 177 Å². The third kappa shape index (κ3) is 8.19. The molecule has 10 heteroatoms. The lowest BCUT2D eigenvalue weighted by molar-refractivity contribution is -0.141. The first-order valence-electron chi connectivity index (χ1n) is 8.96. The molecule has 2 rings (SSSR count). The van der Waals surface area contributed by atoms with Gasteiger partial charge in [-0.3, -0.25) is 9.59 Å². The van der Waals surface area contributed by atoms with E-state index < -0.39 is 36.4 Å². The molecule has 0 spiro atoms. The van der Waals surface area contributed by atoms with Crippen LogP contribution in [0.1, 0.15) is 5.56 Å². The summed E-state index contributed by atoms with van der Waals surface area (Å²) < 4.78 is 0. The van der Waals surface area contributed by atoms with Crippen LogP contribution in [0.3, 0.4) is 0 Å². The van der Waals surface area contributed by atoms with Crippen molar-refractivity contribution >= 4 is 41.1 Å². The number of hydrogen-bond acceptors (Lipinski definition) is 4. The van der Waals surface area contributed by atoms with Crippen LogP contribution in [0.25, 0.3) is 0 Å². The smallest absolute Gasteiger partial charge is 0.326 e. The van der Waals surface area contributed by atoms with Gasteiger partial charge in [-0.15, -0.1) is 0 Å². The minimum atomic E-state index is -1.18. The number of benzene rings is 2. The Balaban J connectivity index is 1.71. The molecule has 0 heterocycles. The molecule has 30 heavy (non-hydrogen) atoms. The molecule has 5 N–H and O–H groups in total. The highest BCUT2D eigenvalue weighted by Crippen LogP contribution is 2.14. The Bertz CT molecular complexity index is 907. The third-order valence-corrected chi connectivity index (χ3v) is 4.09. The predicted molar refractivity (Wildman–Crippen MR) is 111 cm³/mol. The number of carboxylic acid groups (broad SMARTS) is 1. The number of aliphatic carboxylic acids is 1. The summed E-state index contributed by atoms with van der Waals surface area (Å²) >= 11 is 5.82. The molecule has 4 amide bonds. The van der Waals surface area contributed by atoms with E-state index in [1.807, 2.05) is 0 Å². The van der Waals surface area contributed by atoms with E-state index in [2.05, 4.69) is 21.3 Å². The highest BCUT2D eigenvalue weighted by Gasteiger charge is 2.20. The van der Waals surface area contributed by atoms with Gasteiger partial charge in [0, 0.05) is 17.1 Å². The maximum absolute atomic E-state index is 12.0. The molecular weight excluding hydrogens is 412 g/mol. The molecule has 0 aliphatic heterocycles. The quantitative estimate of drug-likeness (QED) is 0.408. The summed E-state index contributed by atoms with van der Waals surface area (Å²) in [5.41, 5.74) is 1.21. The molecular formula is C20H21ClN4O5. The Hall–Kier alpha value is -3.59. The molecule has 0 saturated carbocycles. The van der Waals surface area contributed by atoms with E-state index in [1.54, 1.807) is 54.6 Å². The van der Waals surface area contributed by atoms with Crippen LogP contribution in [-0.2, 0) is 20.8 Å². The molecule has 0 fully saturated rings. The second-order valence-corrected chi connectivity index (χ2v) is 6.68. The van der Waals surface area contributed by atoms with Gasteiger partial charge >= 0.3 is 12.0 Å². The Kier molecular flexibility index (Phi) is 8.64. The van der Waals surface area contributed by atoms with Crippen molar-refractivity contribution in [3.63, 3.8) is 0 Å². The van der Waals surface area contributed by atoms with Crippen LogP contribution in [-0.4, -0.2) is 48.1 Å². The molecule has 1 unspecified atom stereocenters. The second-order valence-electron chi connectivity index (χ2n) is 6.24. The highest BCUT2D eigenvalue weighted by atomic mass is 35.5. The van der Waals surface area contributed by atoms with Crippen LogP contribution in [0, 0.1) is 0 Å². The largest absolute Gasteiger partial charge is 0.480 e. The van der Waals surface area contributed by atoms with Crippen LogP contribution in [0.2, 0.25) is 5.02 Å². The SMILES string of the molecule is O=C(CNC(=O)Nc1cccc(Cl)c1)NCC(=O)NC(Cc1ccccc1)C(=O)O. The second kappa shape index (κ2) is 11.4. The van der Waals surface area contributed by atoms with Crippen molar-refractivity contribution in [1.29, 1.82) is 0 Å². The van der Waals surface area contributed by atoms with Crippen molar-refractivity contribution < 1.29 is 24.3 Å². The predicted octanol–water partition coefficient (Wildman–Crippen LogP) is 1.39. The van der Waals surface area contributed by atoms with Gasteiger partial charge < -0.3 is 26.4 Å². The Morgan fingerprint density at radius 3 is 2.27 bits per heavy atom. The maximum Gasteiger partial charge on any atom is 0.326 e. The van der Waals surface area contributed by atoms with Crippen molar-refractivity contribution in [2.75, 3.05) is 18.4 Å². The fraction of sp³-hybridized carbons (Fsp3) is 0.200. The molecule has 0 aliphatic carbocycles. The van der Waals surface area contributed by atoms with Crippen LogP contribution in [0.5, 0.6) is 0 Å². The first kappa shape index (κ1) is 22.7. The lowest BCUT2D eigenvalue weighted by Crippen LogP contribution is -2.48. The summed E-state index contributed by atoms with van der Waals surface area (Å²) in [6, 6.07) is 13.6. The minimum absolute atomic E-state index is 0.112. The van der Waals surface area contributed by atoms with Gasteiger partial charge in [-0.05, 0) is 23.8 Å². The standard InChI is InChI=1S/C20H21ClN4O5/c21-14-7-4-8-15(10-14)24-20(30)23-11-17(26)22-12-18(27)25-16(19(28)29)9-13-5-2-1-3-6-13/h1-8,10,16H,9,11-12H2,(H,22,26)(H,25,27)(H,28,29)(H2,23,24,30). The zero-order chi connectivity index (χ0) is 21.9. The van der Waals surface area contributed by atoms with E-state index in [0.29, 0.717) is 10.7 Å². The fourth-order valence-corrected chi connectivity index (χ4v) is 2.63. The van der Waals surface area contributed by atoms with Crippen molar-refractivity contribution in [3.8, 4) is 0 Å². The van der Waals surface area contributed by atoms with Gasteiger partial charge in [0.25, 0.3) is 0 Å². The minimum Gasteiger partial charge on any atom is -0.480 e. The zero-order valence-electron chi connectivity index (χ0n) is 15.9. The van der Waals surface area contributed by atoms with Crippen molar-refractivity contribution in [2.24, 2.45) is 0 Å². The first-order chi connectivity index (χ1) is 14.3. The van der Waals surface area contributed by atoms with Crippen LogP contribution >= 0.6 is 11.6 Å². The van der Waals surface area contributed by atoms with Crippen LogP contribution in [0.4, 0.5) is 10.5 Å². The normalized spacial score (nSPS) is 11.1. The molecule has 9 nitrogen and oxygen atoms in total. The Morgan fingerprint density at radius 1 is 0.900 bits per heavy atom. The number of hydrogen-bond donors (Lipinski definition) is 5. The van der Waals surface area contributed by atoms with Gasteiger partial charge in [-0.1, -0.05) is 48.0 Å². The maximum atomic E-state index is 12.0. The molecule has 2 aromatic rings. The van der Waals surface area contributed by atoms with Gasteiger partial charge in [-0.25, -0.2) is 9.59 Å². The summed E-state index contributed by atoms with van der Waals surface area (Å²) in [5, 5.41) is 19.2. The summed E-state index contributed by atoms with van der Waals surface area (Å²) in [5.74, 6) is -2.45. The molecule has 0 aromatic heterocycles. The molecule has 0 radical (unpaired) electrons. The molecule has 2 aromatic carbocycles. The summed E-state index contributed by atoms with van der Waals surface area (Å²) in [7, 11) is 0. The molecule has 158 valence electrons. The summed E-state index contributed by atoms with van der Waals surface area (Å²) in [6.07, 6.45) is 0.112. The lowest BCUT2D eigenvalue weighted by Gasteiger charge is -2.15. The molecule has 0 saturated heterocycles. The number of carboxylic acids is 1. The van der Waals surface area contributed by atoms with Gasteiger partial charge in [0.05, 0.1) is 13.1 Å². The first-order valence-corrected chi connectivity index (χ1v) is 9.34. The van der Waals surface area contributed by atoms with E-state index in [0.717, 1.165) is 5.56 Å². The Morgan fingerprint density at radius 2 is 1.60 bits per heavy atom. The number of carbonyl (C=O) groups is 4. The number of urea groups is 1. The highest BCUT2D eigenvalue weighted by molar-refractivity contribution is 6.30. The topological polar surface area (TPSA) is 137 Å². The van der Waals surface area contributed by atoms with Gasteiger partial charge in [-0.2, -0.15) is 0 Å². The number of nitrogens with one attached hydrogen (secondary N) is 4. The number of amides is 4.